The van der Waals surface area contributed by atoms with E-state index in [1.165, 1.54) is 7.11 Å². The van der Waals surface area contributed by atoms with E-state index in [9.17, 15) is 8.42 Å². The first-order valence-corrected chi connectivity index (χ1v) is 4.98. The molecule has 0 heterocycles. The zero-order chi connectivity index (χ0) is 9.12. The maximum atomic E-state index is 10.5. The van der Waals surface area contributed by atoms with Gasteiger partial charge in [0.1, 0.15) is 0 Å². The lowest BCUT2D eigenvalue weighted by atomic mass is 10.2. The highest BCUT2D eigenvalue weighted by Crippen LogP contribution is 2.08. The van der Waals surface area contributed by atoms with Crippen molar-refractivity contribution in [3.63, 3.8) is 0 Å². The van der Waals surface area contributed by atoms with Gasteiger partial charge in [0.15, 0.2) is 0 Å². The number of hydrogen-bond acceptors (Lipinski definition) is 4. The van der Waals surface area contributed by atoms with Gasteiger partial charge in [0, 0.05) is 7.11 Å². The summed E-state index contributed by atoms with van der Waals surface area (Å²) in [5.74, 6) is 0. The smallest absolute Gasteiger partial charge is 0.264 e. The molecule has 0 aliphatic rings. The summed E-state index contributed by atoms with van der Waals surface area (Å²) in [7, 11) is -1.84. The van der Waals surface area contributed by atoms with E-state index in [2.05, 4.69) is 4.18 Å². The quantitative estimate of drug-likeness (QED) is 0.590. The normalized spacial score (nSPS) is 13.5. The average Bonchev–Trinajstić information content (AvgIpc) is 1.83. The molecule has 0 rings (SSSR count). The minimum Gasteiger partial charge on any atom is -0.376 e. The Labute approximate surface area is 67.6 Å². The highest BCUT2D eigenvalue weighted by Gasteiger charge is 2.19. The highest BCUT2D eigenvalue weighted by atomic mass is 32.2. The van der Waals surface area contributed by atoms with Crippen LogP contribution in [0.2, 0.25) is 0 Å². The Kier molecular flexibility index (Phi) is 3.47. The van der Waals surface area contributed by atoms with E-state index in [-0.39, 0.29) is 6.61 Å². The zero-order valence-electron chi connectivity index (χ0n) is 7.25. The fraction of sp³-hybridized carbons (Fsp3) is 1.00. The number of ether oxygens (including phenoxy) is 1. The molecule has 4 nitrogen and oxygen atoms in total. The third kappa shape index (κ3) is 6.28. The van der Waals surface area contributed by atoms with Crippen LogP contribution in [0.15, 0.2) is 0 Å². The topological polar surface area (TPSA) is 52.6 Å². The monoisotopic (exact) mass is 182 g/mol. The predicted molar refractivity (Wildman–Crippen MR) is 41.9 cm³/mol. The molecule has 0 aromatic heterocycles. The summed E-state index contributed by atoms with van der Waals surface area (Å²) in [5.41, 5.74) is -0.553. The SMILES string of the molecule is COC(C)(C)COS(C)(=O)=O. The van der Waals surface area contributed by atoms with Crippen molar-refractivity contribution in [3.8, 4) is 0 Å². The lowest BCUT2D eigenvalue weighted by Gasteiger charge is -2.21. The molecule has 5 heteroatoms. The van der Waals surface area contributed by atoms with Gasteiger partial charge in [-0.15, -0.1) is 0 Å². The first-order valence-electron chi connectivity index (χ1n) is 3.16. The van der Waals surface area contributed by atoms with Gasteiger partial charge in [-0.1, -0.05) is 0 Å². The first-order chi connectivity index (χ1) is 4.77. The van der Waals surface area contributed by atoms with E-state index >= 15 is 0 Å². The highest BCUT2D eigenvalue weighted by molar-refractivity contribution is 7.85. The summed E-state index contributed by atoms with van der Waals surface area (Å²) in [6.45, 7) is 3.54. The summed E-state index contributed by atoms with van der Waals surface area (Å²) in [4.78, 5) is 0. The molecule has 11 heavy (non-hydrogen) atoms. The second kappa shape index (κ2) is 3.51. The third-order valence-electron chi connectivity index (χ3n) is 1.17. The van der Waals surface area contributed by atoms with Gasteiger partial charge in [0.05, 0.1) is 18.5 Å². The van der Waals surface area contributed by atoms with E-state index in [0.29, 0.717) is 0 Å². The van der Waals surface area contributed by atoms with E-state index in [1.54, 1.807) is 13.8 Å². The standard InChI is InChI=1S/C6H14O4S/c1-6(2,9-3)5-10-11(4,7)8/h5H2,1-4H3. The number of rotatable bonds is 4. The van der Waals surface area contributed by atoms with Gasteiger partial charge in [-0.25, -0.2) is 0 Å². The van der Waals surface area contributed by atoms with Crippen LogP contribution < -0.4 is 0 Å². The Bertz CT molecular complexity index is 205. The van der Waals surface area contributed by atoms with Gasteiger partial charge >= 0.3 is 0 Å². The lowest BCUT2D eigenvalue weighted by molar-refractivity contribution is -0.0127. The van der Waals surface area contributed by atoms with Crippen LogP contribution in [0.3, 0.4) is 0 Å². The van der Waals surface area contributed by atoms with Gasteiger partial charge in [-0.05, 0) is 13.8 Å². The summed E-state index contributed by atoms with van der Waals surface area (Å²) in [6, 6.07) is 0. The molecule has 0 aromatic carbocycles. The van der Waals surface area contributed by atoms with E-state index in [4.69, 9.17) is 4.74 Å². The van der Waals surface area contributed by atoms with Crippen molar-refractivity contribution in [1.29, 1.82) is 0 Å². The summed E-state index contributed by atoms with van der Waals surface area (Å²) in [5, 5.41) is 0. The summed E-state index contributed by atoms with van der Waals surface area (Å²) >= 11 is 0. The van der Waals surface area contributed by atoms with Crippen LogP contribution in [0.4, 0.5) is 0 Å². The van der Waals surface area contributed by atoms with Crippen molar-refractivity contribution in [3.05, 3.63) is 0 Å². The molecule has 0 unspecified atom stereocenters. The molecule has 0 saturated carbocycles. The second-order valence-electron chi connectivity index (χ2n) is 2.93. The maximum absolute atomic E-state index is 10.5. The summed E-state index contributed by atoms with van der Waals surface area (Å²) < 4.78 is 30.5. The minimum absolute atomic E-state index is 0.0440. The fourth-order valence-electron chi connectivity index (χ4n) is 0.308. The first kappa shape index (κ1) is 10.9. The Morgan fingerprint density at radius 3 is 2.09 bits per heavy atom. The zero-order valence-corrected chi connectivity index (χ0v) is 8.06. The Morgan fingerprint density at radius 2 is 1.82 bits per heavy atom. The van der Waals surface area contributed by atoms with Gasteiger partial charge < -0.3 is 4.74 Å². The van der Waals surface area contributed by atoms with Gasteiger partial charge in [0.2, 0.25) is 0 Å². The van der Waals surface area contributed by atoms with Crippen molar-refractivity contribution >= 4 is 10.1 Å². The Hall–Kier alpha value is -0.130. The molecule has 0 N–H and O–H groups in total. The van der Waals surface area contributed by atoms with Gasteiger partial charge in [0.25, 0.3) is 10.1 Å². The molecule has 0 bridgehead atoms. The largest absolute Gasteiger partial charge is 0.376 e. The molecule has 0 aliphatic carbocycles. The van der Waals surface area contributed by atoms with E-state index in [1.807, 2.05) is 0 Å². The van der Waals surface area contributed by atoms with E-state index < -0.39 is 15.7 Å². The number of methoxy groups -OCH3 is 1. The second-order valence-corrected chi connectivity index (χ2v) is 4.57. The average molecular weight is 182 g/mol. The van der Waals surface area contributed by atoms with E-state index in [0.717, 1.165) is 6.26 Å². The molecule has 0 saturated heterocycles. The molecule has 0 radical (unpaired) electrons. The van der Waals surface area contributed by atoms with Crippen LogP contribution in [0.5, 0.6) is 0 Å². The van der Waals surface area contributed by atoms with Gasteiger partial charge in [-0.2, -0.15) is 8.42 Å². The van der Waals surface area contributed by atoms with Crippen molar-refractivity contribution < 1.29 is 17.3 Å². The van der Waals surface area contributed by atoms with Crippen molar-refractivity contribution in [2.75, 3.05) is 20.0 Å². The van der Waals surface area contributed by atoms with Crippen LogP contribution in [-0.2, 0) is 19.0 Å². The fourth-order valence-corrected chi connectivity index (χ4v) is 0.806. The predicted octanol–water partition coefficient (Wildman–Crippen LogP) is 0.388. The van der Waals surface area contributed by atoms with Crippen LogP contribution in [0, 0.1) is 0 Å². The molecular formula is C6H14O4S. The van der Waals surface area contributed by atoms with Crippen LogP contribution in [-0.4, -0.2) is 34.0 Å². The third-order valence-corrected chi connectivity index (χ3v) is 1.72. The summed E-state index contributed by atoms with van der Waals surface area (Å²) in [6.07, 6.45) is 1.01. The van der Waals surface area contributed by atoms with Crippen molar-refractivity contribution in [2.45, 2.75) is 19.4 Å². The molecular weight excluding hydrogens is 168 g/mol. The van der Waals surface area contributed by atoms with Crippen molar-refractivity contribution in [2.24, 2.45) is 0 Å². The molecule has 0 aromatic rings. The number of hydrogen-bond donors (Lipinski definition) is 0. The molecule has 0 aliphatic heterocycles. The van der Waals surface area contributed by atoms with Crippen LogP contribution >= 0.6 is 0 Å². The lowest BCUT2D eigenvalue weighted by Crippen LogP contribution is -2.30. The van der Waals surface area contributed by atoms with Gasteiger partial charge in [-0.3, -0.25) is 4.18 Å². The molecule has 0 atom stereocenters. The molecule has 0 amide bonds. The van der Waals surface area contributed by atoms with Crippen LogP contribution in [0.1, 0.15) is 13.8 Å². The molecule has 0 spiro atoms. The minimum atomic E-state index is -3.35. The Balaban J connectivity index is 3.90. The Morgan fingerprint density at radius 1 is 1.36 bits per heavy atom. The molecule has 0 fully saturated rings. The maximum Gasteiger partial charge on any atom is 0.264 e. The molecule has 68 valence electrons. The van der Waals surface area contributed by atoms with Crippen molar-refractivity contribution in [1.82, 2.24) is 0 Å². The van der Waals surface area contributed by atoms with Crippen LogP contribution in [0.25, 0.3) is 0 Å².